The van der Waals surface area contributed by atoms with Crippen LogP contribution in [0.2, 0.25) is 0 Å². The van der Waals surface area contributed by atoms with E-state index in [0.717, 1.165) is 22.5 Å². The molecule has 0 saturated carbocycles. The van der Waals surface area contributed by atoms with E-state index in [2.05, 4.69) is 151 Å². The maximum Gasteiger partial charge on any atom is 0.0196 e. The van der Waals surface area contributed by atoms with E-state index in [-0.39, 0.29) is 20.1 Å². The second-order valence-electron chi connectivity index (χ2n) is 11.4. The molecule has 229 valence electrons. The normalized spacial score (nSPS) is 10.6. The fourth-order valence-electron chi connectivity index (χ4n) is 5.83. The summed E-state index contributed by atoms with van der Waals surface area (Å²) in [5.74, 6) is 0. The van der Waals surface area contributed by atoms with Gasteiger partial charge in [-0.2, -0.15) is 0 Å². The van der Waals surface area contributed by atoms with Crippen molar-refractivity contribution in [3.8, 4) is 44.8 Å². The summed E-state index contributed by atoms with van der Waals surface area (Å²) in [6.45, 7) is 4.16. The van der Waals surface area contributed by atoms with Gasteiger partial charge >= 0.3 is 0 Å². The van der Waals surface area contributed by atoms with E-state index < -0.39 is 0 Å². The zero-order valence-electron chi connectivity index (χ0n) is 26.2. The zero-order chi connectivity index (χ0) is 31.3. The Morgan fingerprint density at radius 1 is 0.489 bits per heavy atom. The Morgan fingerprint density at radius 3 is 1.89 bits per heavy atom. The van der Waals surface area contributed by atoms with Crippen LogP contribution in [0.3, 0.4) is 0 Å². The van der Waals surface area contributed by atoms with Crippen LogP contribution in [0.1, 0.15) is 11.1 Å². The average molecular weight is 781 g/mol. The SMILES string of the molecule is Cc1c[c-]c(-c2cc(-c3ccccc3)c(C)cn2)cc1.[Ir].[c-]1cc(-c2cc3ccccc3c3ccccc23)ccc1-c1ccccn1. The Kier molecular flexibility index (Phi) is 9.78. The van der Waals surface area contributed by atoms with Crippen molar-refractivity contribution in [2.45, 2.75) is 13.8 Å². The molecule has 2 aromatic heterocycles. The maximum atomic E-state index is 4.53. The molecule has 1 radical (unpaired) electrons. The molecule has 0 aliphatic carbocycles. The molecular formula is C44H32IrN2-2. The first-order valence-corrected chi connectivity index (χ1v) is 15.5. The van der Waals surface area contributed by atoms with Gasteiger partial charge in [0.2, 0.25) is 0 Å². The first kappa shape index (κ1) is 31.8. The summed E-state index contributed by atoms with van der Waals surface area (Å²) in [5, 5.41) is 5.11. The minimum Gasteiger partial charge on any atom is -0.305 e. The molecule has 2 heterocycles. The van der Waals surface area contributed by atoms with E-state index in [1.54, 1.807) is 0 Å². The smallest absolute Gasteiger partial charge is 0.0196 e. The summed E-state index contributed by atoms with van der Waals surface area (Å²) in [6, 6.07) is 57.1. The Labute approximate surface area is 290 Å². The van der Waals surface area contributed by atoms with Crippen LogP contribution in [0.5, 0.6) is 0 Å². The minimum absolute atomic E-state index is 0. The van der Waals surface area contributed by atoms with Crippen LogP contribution in [0, 0.1) is 26.0 Å². The predicted octanol–water partition coefficient (Wildman–Crippen LogP) is 11.4. The van der Waals surface area contributed by atoms with Gasteiger partial charge in [0.1, 0.15) is 0 Å². The molecule has 0 spiro atoms. The molecule has 3 heteroatoms. The van der Waals surface area contributed by atoms with Crippen LogP contribution in [0.4, 0.5) is 0 Å². The number of hydrogen-bond donors (Lipinski definition) is 0. The van der Waals surface area contributed by atoms with Gasteiger partial charge < -0.3 is 9.97 Å². The quantitative estimate of drug-likeness (QED) is 0.131. The van der Waals surface area contributed by atoms with Gasteiger partial charge in [0, 0.05) is 32.5 Å². The van der Waals surface area contributed by atoms with Crippen molar-refractivity contribution < 1.29 is 20.1 Å². The van der Waals surface area contributed by atoms with Gasteiger partial charge in [0.15, 0.2) is 0 Å². The van der Waals surface area contributed by atoms with Gasteiger partial charge in [-0.3, -0.25) is 0 Å². The largest absolute Gasteiger partial charge is 0.305 e. The number of rotatable bonds is 4. The topological polar surface area (TPSA) is 25.8 Å². The number of fused-ring (bicyclic) bond motifs is 3. The van der Waals surface area contributed by atoms with Crippen LogP contribution in [0.15, 0.2) is 158 Å². The average Bonchev–Trinajstić information content (AvgIpc) is 3.13. The molecule has 0 aliphatic heterocycles. The fraction of sp³-hybridized carbons (Fsp3) is 0.0455. The number of aryl methyl sites for hydroxylation is 2. The molecule has 2 nitrogen and oxygen atoms in total. The maximum absolute atomic E-state index is 4.53. The van der Waals surface area contributed by atoms with Gasteiger partial charge in [-0.15, -0.1) is 65.2 Å². The molecule has 8 rings (SSSR count). The number of pyridine rings is 2. The number of hydrogen-bond acceptors (Lipinski definition) is 2. The molecule has 47 heavy (non-hydrogen) atoms. The number of nitrogens with zero attached hydrogens (tertiary/aromatic N) is 2. The third-order valence-electron chi connectivity index (χ3n) is 8.26. The van der Waals surface area contributed by atoms with Gasteiger partial charge in [0.05, 0.1) is 0 Å². The molecule has 0 amide bonds. The summed E-state index contributed by atoms with van der Waals surface area (Å²) in [6.07, 6.45) is 3.75. The van der Waals surface area contributed by atoms with Crippen molar-refractivity contribution in [3.05, 3.63) is 181 Å². The van der Waals surface area contributed by atoms with E-state index in [0.29, 0.717) is 0 Å². The van der Waals surface area contributed by atoms with Crippen molar-refractivity contribution in [2.75, 3.05) is 0 Å². The Morgan fingerprint density at radius 2 is 1.17 bits per heavy atom. The molecule has 0 fully saturated rings. The van der Waals surface area contributed by atoms with Crippen LogP contribution >= 0.6 is 0 Å². The Bertz CT molecular complexity index is 2240. The van der Waals surface area contributed by atoms with E-state index in [1.165, 1.54) is 54.9 Å². The molecule has 8 aromatic rings. The first-order valence-electron chi connectivity index (χ1n) is 15.5. The standard InChI is InChI=1S/C25H16N.C19H16N.Ir/c1-2-8-21-20(7-1)17-24(23-10-4-3-9-22(21)23)18-12-14-19(15-13-18)25-11-5-6-16-26-25;1-14-8-10-17(11-9-14)19-12-18(15(2)13-20-19)16-6-4-3-5-7-16;/h1-14,16-17H;3-10,12-13H,1-2H3;/q2*-1;. The van der Waals surface area contributed by atoms with Crippen molar-refractivity contribution in [3.63, 3.8) is 0 Å². The number of benzene rings is 6. The van der Waals surface area contributed by atoms with Gasteiger partial charge in [-0.05, 0) is 62.6 Å². The van der Waals surface area contributed by atoms with E-state index in [1.807, 2.05) is 42.7 Å². The first-order chi connectivity index (χ1) is 22.6. The van der Waals surface area contributed by atoms with Crippen LogP contribution in [-0.2, 0) is 20.1 Å². The molecule has 0 aliphatic rings. The van der Waals surface area contributed by atoms with E-state index >= 15 is 0 Å². The van der Waals surface area contributed by atoms with E-state index in [4.69, 9.17) is 0 Å². The van der Waals surface area contributed by atoms with Crippen molar-refractivity contribution in [2.24, 2.45) is 0 Å². The van der Waals surface area contributed by atoms with Crippen molar-refractivity contribution in [1.82, 2.24) is 9.97 Å². The second-order valence-corrected chi connectivity index (χ2v) is 11.4. The van der Waals surface area contributed by atoms with Crippen molar-refractivity contribution in [1.29, 1.82) is 0 Å². The summed E-state index contributed by atoms with van der Waals surface area (Å²) >= 11 is 0. The molecule has 0 saturated heterocycles. The fourth-order valence-corrected chi connectivity index (χ4v) is 5.83. The summed E-state index contributed by atoms with van der Waals surface area (Å²) in [7, 11) is 0. The molecular weight excluding hydrogens is 749 g/mol. The monoisotopic (exact) mass is 781 g/mol. The van der Waals surface area contributed by atoms with Gasteiger partial charge in [0.25, 0.3) is 0 Å². The number of aromatic nitrogens is 2. The molecule has 0 unspecified atom stereocenters. The van der Waals surface area contributed by atoms with Crippen LogP contribution in [-0.4, -0.2) is 9.97 Å². The van der Waals surface area contributed by atoms with E-state index in [9.17, 15) is 0 Å². The van der Waals surface area contributed by atoms with Gasteiger partial charge in [-0.25, -0.2) is 0 Å². The minimum atomic E-state index is 0. The zero-order valence-corrected chi connectivity index (χ0v) is 28.6. The summed E-state index contributed by atoms with van der Waals surface area (Å²) < 4.78 is 0. The predicted molar refractivity (Wildman–Crippen MR) is 192 cm³/mol. The summed E-state index contributed by atoms with van der Waals surface area (Å²) in [5.41, 5.74) is 11.2. The molecule has 0 N–H and O–H groups in total. The summed E-state index contributed by atoms with van der Waals surface area (Å²) in [4.78, 5) is 8.94. The van der Waals surface area contributed by atoms with Crippen molar-refractivity contribution >= 4 is 21.5 Å². The Hall–Kier alpha value is -5.21. The molecule has 0 atom stereocenters. The van der Waals surface area contributed by atoms with Crippen LogP contribution in [0.25, 0.3) is 66.3 Å². The van der Waals surface area contributed by atoms with Gasteiger partial charge in [-0.1, -0.05) is 121 Å². The third-order valence-corrected chi connectivity index (χ3v) is 8.26. The third kappa shape index (κ3) is 6.98. The molecule has 0 bridgehead atoms. The Balaban J connectivity index is 0.000000167. The second kappa shape index (κ2) is 14.5. The van der Waals surface area contributed by atoms with Crippen LogP contribution < -0.4 is 0 Å². The molecule has 6 aromatic carbocycles.